The molecule has 0 radical (unpaired) electrons. The van der Waals surface area contributed by atoms with E-state index < -0.39 is 0 Å². The lowest BCUT2D eigenvalue weighted by Gasteiger charge is -2.12. The van der Waals surface area contributed by atoms with Gasteiger partial charge in [0.2, 0.25) is 5.69 Å². The lowest BCUT2D eigenvalue weighted by atomic mass is 9.97. The van der Waals surface area contributed by atoms with E-state index in [1.165, 1.54) is 39.0 Å². The lowest BCUT2D eigenvalue weighted by molar-refractivity contribution is -0.632. The third kappa shape index (κ3) is 2.56. The largest absolute Gasteiger partial charge is 0.449 e. The maximum Gasteiger partial charge on any atom is 0.259 e. The molecule has 3 aromatic heterocycles. The second kappa shape index (κ2) is 6.58. The molecule has 6 rings (SSSR count). The summed E-state index contributed by atoms with van der Waals surface area (Å²) in [6, 6.07) is 29.9. The number of hydrogen-bond donors (Lipinski definition) is 0. The van der Waals surface area contributed by atoms with Crippen LogP contribution in [0.25, 0.3) is 55.5 Å². The maximum atomic E-state index is 6.07. The fraction of sp³-hybridized carbons (Fsp3) is 0.107. The Morgan fingerprint density at radius 1 is 0.774 bits per heavy atom. The summed E-state index contributed by atoms with van der Waals surface area (Å²) in [5.41, 5.74) is 10.4. The summed E-state index contributed by atoms with van der Waals surface area (Å²) in [6.07, 6.45) is 0. The van der Waals surface area contributed by atoms with Crippen LogP contribution in [0.2, 0.25) is 0 Å². The van der Waals surface area contributed by atoms with Gasteiger partial charge in [-0.15, -0.1) is 0 Å². The van der Waals surface area contributed by atoms with Crippen molar-refractivity contribution in [2.45, 2.75) is 6.92 Å². The molecule has 3 aromatic carbocycles. The molecule has 0 bridgehead atoms. The summed E-state index contributed by atoms with van der Waals surface area (Å²) in [5, 5.41) is 2.41. The Hall–Kier alpha value is -3.85. The van der Waals surface area contributed by atoms with Gasteiger partial charge in [0, 0.05) is 40.8 Å². The third-order valence-electron chi connectivity index (χ3n) is 6.52. The molecule has 0 atom stereocenters. The number of aromatic nitrogens is 2. The lowest BCUT2D eigenvalue weighted by Crippen LogP contribution is -2.31. The molecule has 3 nitrogen and oxygen atoms in total. The van der Waals surface area contributed by atoms with Gasteiger partial charge in [-0.1, -0.05) is 42.5 Å². The summed E-state index contributed by atoms with van der Waals surface area (Å²) < 4.78 is 10.6. The highest BCUT2D eigenvalue weighted by atomic mass is 16.3. The highest BCUT2D eigenvalue weighted by Gasteiger charge is 2.22. The average Bonchev–Trinajstić information content (AvgIpc) is 3.33. The van der Waals surface area contributed by atoms with Crippen molar-refractivity contribution in [1.29, 1.82) is 0 Å². The molecule has 0 amide bonds. The highest BCUT2D eigenvalue weighted by molar-refractivity contribution is 6.00. The summed E-state index contributed by atoms with van der Waals surface area (Å²) in [7, 11) is 4.27. The monoisotopic (exact) mass is 403 g/mol. The van der Waals surface area contributed by atoms with E-state index in [2.05, 4.69) is 103 Å². The normalized spacial score (nSPS) is 11.7. The Bertz CT molecular complexity index is 1620. The van der Waals surface area contributed by atoms with Gasteiger partial charge in [0.15, 0.2) is 5.58 Å². The molecule has 0 aliphatic heterocycles. The molecule has 0 aliphatic carbocycles. The van der Waals surface area contributed by atoms with Crippen LogP contribution in [0.5, 0.6) is 0 Å². The number of pyridine rings is 1. The Balaban J connectivity index is 1.59. The summed E-state index contributed by atoms with van der Waals surface area (Å²) in [5.74, 6) is 0. The van der Waals surface area contributed by atoms with Gasteiger partial charge in [-0.05, 0) is 48.9 Å². The highest BCUT2D eigenvalue weighted by Crippen LogP contribution is 2.35. The minimum atomic E-state index is 0.912. The molecule has 0 unspecified atom stereocenters. The molecule has 0 fully saturated rings. The van der Waals surface area contributed by atoms with Crippen molar-refractivity contribution in [2.75, 3.05) is 0 Å². The molecule has 3 heterocycles. The minimum absolute atomic E-state index is 0.912. The molecule has 0 N–H and O–H groups in total. The number of aryl methyl sites for hydroxylation is 2. The van der Waals surface area contributed by atoms with Crippen LogP contribution in [0.15, 0.2) is 89.3 Å². The van der Waals surface area contributed by atoms with Crippen LogP contribution < -0.4 is 4.57 Å². The molecule has 0 saturated heterocycles. The van der Waals surface area contributed by atoms with Gasteiger partial charge in [-0.25, -0.2) is 0 Å². The quantitative estimate of drug-likeness (QED) is 0.301. The first-order chi connectivity index (χ1) is 15.1. The smallest absolute Gasteiger partial charge is 0.259 e. The number of fused-ring (bicyclic) bond motifs is 4. The van der Waals surface area contributed by atoms with Crippen molar-refractivity contribution < 1.29 is 8.98 Å². The first-order valence-electron chi connectivity index (χ1n) is 10.6. The van der Waals surface area contributed by atoms with Crippen molar-refractivity contribution in [1.82, 2.24) is 4.57 Å². The van der Waals surface area contributed by atoms with E-state index in [1.807, 2.05) is 12.1 Å². The van der Waals surface area contributed by atoms with E-state index in [4.69, 9.17) is 4.42 Å². The van der Waals surface area contributed by atoms with Crippen molar-refractivity contribution in [2.24, 2.45) is 14.1 Å². The van der Waals surface area contributed by atoms with E-state index in [9.17, 15) is 0 Å². The van der Waals surface area contributed by atoms with Gasteiger partial charge in [0.05, 0.1) is 5.39 Å². The number of benzene rings is 3. The summed E-state index contributed by atoms with van der Waals surface area (Å²) in [4.78, 5) is 0. The van der Waals surface area contributed by atoms with Crippen LogP contribution in [0, 0.1) is 6.92 Å². The van der Waals surface area contributed by atoms with Crippen molar-refractivity contribution >= 4 is 33.0 Å². The van der Waals surface area contributed by atoms with Gasteiger partial charge in [0.25, 0.3) is 5.52 Å². The number of rotatable bonds is 2. The van der Waals surface area contributed by atoms with Gasteiger partial charge < -0.3 is 8.98 Å². The number of para-hydroxylation sites is 2. The second-order valence-electron chi connectivity index (χ2n) is 8.21. The zero-order valence-corrected chi connectivity index (χ0v) is 17.9. The molecule has 0 saturated carbocycles. The molecule has 31 heavy (non-hydrogen) atoms. The van der Waals surface area contributed by atoms with Crippen LogP contribution in [0.3, 0.4) is 0 Å². The number of nitrogens with zero attached hydrogens (tertiary/aromatic N) is 2. The van der Waals surface area contributed by atoms with Crippen LogP contribution in [-0.2, 0) is 14.1 Å². The molecule has 3 heteroatoms. The molecule has 0 aliphatic rings. The van der Waals surface area contributed by atoms with Crippen LogP contribution in [0.1, 0.15) is 5.56 Å². The number of furan rings is 1. The van der Waals surface area contributed by atoms with Crippen LogP contribution >= 0.6 is 0 Å². The fourth-order valence-electron chi connectivity index (χ4n) is 4.91. The van der Waals surface area contributed by atoms with Gasteiger partial charge >= 0.3 is 0 Å². The van der Waals surface area contributed by atoms with E-state index in [1.54, 1.807) is 0 Å². The molecule has 6 aromatic rings. The Labute approximate surface area is 180 Å². The van der Waals surface area contributed by atoms with Crippen molar-refractivity contribution in [3.05, 3.63) is 90.5 Å². The summed E-state index contributed by atoms with van der Waals surface area (Å²) >= 11 is 0. The van der Waals surface area contributed by atoms with Crippen LogP contribution in [-0.4, -0.2) is 4.57 Å². The average molecular weight is 404 g/mol. The second-order valence-corrected chi connectivity index (χ2v) is 8.21. The standard InChI is InChI=1S/C28H23N2O/c1-18-20(11-8-12-21(18)25-17-19-9-4-6-13-23(19)29(25)2)24-15-16-27-28(30(24)3)22-10-5-7-14-26(22)31-27/h4-17H,1-3H3/q+1. The topological polar surface area (TPSA) is 21.9 Å². The van der Waals surface area contributed by atoms with Crippen LogP contribution in [0.4, 0.5) is 0 Å². The first kappa shape index (κ1) is 18.0. The Morgan fingerprint density at radius 3 is 2.42 bits per heavy atom. The van der Waals surface area contributed by atoms with Gasteiger partial charge in [-0.3, -0.25) is 0 Å². The van der Waals surface area contributed by atoms with E-state index >= 15 is 0 Å². The zero-order chi connectivity index (χ0) is 21.1. The number of hydrogen-bond acceptors (Lipinski definition) is 1. The van der Waals surface area contributed by atoms with Crippen molar-refractivity contribution in [3.8, 4) is 22.5 Å². The first-order valence-corrected chi connectivity index (χ1v) is 10.6. The third-order valence-corrected chi connectivity index (χ3v) is 6.52. The minimum Gasteiger partial charge on any atom is -0.449 e. The van der Waals surface area contributed by atoms with Gasteiger partial charge in [0.1, 0.15) is 12.6 Å². The van der Waals surface area contributed by atoms with E-state index in [0.717, 1.165) is 22.1 Å². The molecule has 150 valence electrons. The Kier molecular flexibility index (Phi) is 3.81. The SMILES string of the molecule is Cc1c(-c2cc3ccccc3n2C)cccc1-c1ccc2oc3ccccc3c2[n+]1C. The van der Waals surface area contributed by atoms with Gasteiger partial charge in [-0.2, -0.15) is 4.57 Å². The maximum absolute atomic E-state index is 6.07. The predicted octanol–water partition coefficient (Wildman–Crippen LogP) is 6.54. The van der Waals surface area contributed by atoms with E-state index in [-0.39, 0.29) is 0 Å². The molecule has 0 spiro atoms. The molecular weight excluding hydrogens is 380 g/mol. The fourth-order valence-corrected chi connectivity index (χ4v) is 4.91. The van der Waals surface area contributed by atoms with E-state index in [0.29, 0.717) is 0 Å². The zero-order valence-electron chi connectivity index (χ0n) is 17.9. The predicted molar refractivity (Wildman–Crippen MR) is 127 cm³/mol. The Morgan fingerprint density at radius 2 is 1.55 bits per heavy atom. The molecular formula is C28H23N2O+. The van der Waals surface area contributed by atoms with Crippen molar-refractivity contribution in [3.63, 3.8) is 0 Å². The summed E-state index contributed by atoms with van der Waals surface area (Å²) in [6.45, 7) is 2.22.